The number of methoxy groups -OCH3 is 1. The van der Waals surface area contributed by atoms with Gasteiger partial charge in [-0.2, -0.15) is 0 Å². The zero-order valence-corrected chi connectivity index (χ0v) is 18.7. The van der Waals surface area contributed by atoms with Gasteiger partial charge >= 0.3 is 0 Å². The number of piperidine rings is 1. The summed E-state index contributed by atoms with van der Waals surface area (Å²) in [5.41, 5.74) is 0.872. The SMILES string of the molecule is C=C[C@H]1CN(CCCCCCC)CC[C@H]1CCOc1ncnc2ccc(OC)cc12. The monoisotopic (exact) mass is 411 g/mol. The van der Waals surface area contributed by atoms with Crippen molar-refractivity contribution in [2.75, 3.05) is 33.4 Å². The number of aromatic nitrogens is 2. The van der Waals surface area contributed by atoms with Gasteiger partial charge in [0.1, 0.15) is 12.1 Å². The van der Waals surface area contributed by atoms with Gasteiger partial charge in [-0.05, 0) is 62.4 Å². The fourth-order valence-electron chi connectivity index (χ4n) is 4.43. The normalized spacial score (nSPS) is 19.7. The number of hydrogen-bond acceptors (Lipinski definition) is 5. The largest absolute Gasteiger partial charge is 0.497 e. The molecule has 0 spiro atoms. The van der Waals surface area contributed by atoms with Crippen molar-refractivity contribution in [1.82, 2.24) is 14.9 Å². The van der Waals surface area contributed by atoms with E-state index in [-0.39, 0.29) is 0 Å². The Hall–Kier alpha value is -2.14. The van der Waals surface area contributed by atoms with Crippen molar-refractivity contribution in [3.8, 4) is 11.6 Å². The summed E-state index contributed by atoms with van der Waals surface area (Å²) in [5.74, 6) is 2.59. The lowest BCUT2D eigenvalue weighted by Crippen LogP contribution is -2.40. The van der Waals surface area contributed by atoms with Crippen LogP contribution in [0.2, 0.25) is 0 Å². The van der Waals surface area contributed by atoms with Crippen LogP contribution in [0.5, 0.6) is 11.6 Å². The first kappa shape index (κ1) is 22.5. The van der Waals surface area contributed by atoms with Gasteiger partial charge in [-0.25, -0.2) is 9.97 Å². The number of hydrogen-bond donors (Lipinski definition) is 0. The predicted octanol–water partition coefficient (Wildman–Crippen LogP) is 5.50. The smallest absolute Gasteiger partial charge is 0.224 e. The summed E-state index contributed by atoms with van der Waals surface area (Å²) in [5, 5.41) is 0.898. The average molecular weight is 412 g/mol. The van der Waals surface area contributed by atoms with Crippen LogP contribution in [-0.4, -0.2) is 48.2 Å². The van der Waals surface area contributed by atoms with Crippen molar-refractivity contribution in [3.05, 3.63) is 37.2 Å². The Morgan fingerprint density at radius 2 is 2.07 bits per heavy atom. The standard InChI is InChI=1S/C25H37N3O2/c1-4-6-7-8-9-14-28-15-12-21(20(5-2)18-28)13-16-30-25-23-17-22(29-3)10-11-24(23)26-19-27-25/h5,10-11,17,19-21H,2,4,6-9,12-16,18H2,1,3H3/t20-,21-/m0/s1. The number of ether oxygens (including phenoxy) is 2. The van der Waals surface area contributed by atoms with E-state index in [2.05, 4.69) is 34.4 Å². The van der Waals surface area contributed by atoms with Gasteiger partial charge < -0.3 is 14.4 Å². The van der Waals surface area contributed by atoms with Gasteiger partial charge in [-0.1, -0.05) is 38.7 Å². The minimum Gasteiger partial charge on any atom is -0.497 e. The van der Waals surface area contributed by atoms with Crippen LogP contribution in [0.25, 0.3) is 10.9 Å². The van der Waals surface area contributed by atoms with Gasteiger partial charge in [0.05, 0.1) is 24.6 Å². The van der Waals surface area contributed by atoms with Crippen LogP contribution in [0, 0.1) is 11.8 Å². The highest BCUT2D eigenvalue weighted by molar-refractivity contribution is 5.84. The second kappa shape index (κ2) is 11.9. The molecule has 0 aliphatic carbocycles. The molecule has 1 saturated heterocycles. The zero-order chi connectivity index (χ0) is 21.2. The number of benzene rings is 1. The molecule has 1 aliphatic rings. The number of unbranched alkanes of at least 4 members (excludes halogenated alkanes) is 4. The van der Waals surface area contributed by atoms with Gasteiger partial charge in [-0.3, -0.25) is 0 Å². The Morgan fingerprint density at radius 1 is 1.20 bits per heavy atom. The second-order valence-corrected chi connectivity index (χ2v) is 8.36. The highest BCUT2D eigenvalue weighted by atomic mass is 16.5. The molecule has 1 aliphatic heterocycles. The molecule has 0 bridgehead atoms. The maximum atomic E-state index is 6.09. The highest BCUT2D eigenvalue weighted by Crippen LogP contribution is 2.29. The molecule has 5 nitrogen and oxygen atoms in total. The maximum absolute atomic E-state index is 6.09. The average Bonchev–Trinajstić information content (AvgIpc) is 2.79. The minimum absolute atomic E-state index is 0.542. The zero-order valence-electron chi connectivity index (χ0n) is 18.7. The topological polar surface area (TPSA) is 47.5 Å². The van der Waals surface area contributed by atoms with E-state index < -0.39 is 0 Å². The fraction of sp³-hybridized carbons (Fsp3) is 0.600. The van der Waals surface area contributed by atoms with Gasteiger partial charge in [-0.15, -0.1) is 6.58 Å². The van der Waals surface area contributed by atoms with Gasteiger partial charge in [0.2, 0.25) is 5.88 Å². The van der Waals surface area contributed by atoms with Crippen molar-refractivity contribution in [2.24, 2.45) is 11.8 Å². The van der Waals surface area contributed by atoms with E-state index in [1.54, 1.807) is 13.4 Å². The van der Waals surface area contributed by atoms with Crippen molar-refractivity contribution in [1.29, 1.82) is 0 Å². The molecule has 0 N–H and O–H groups in total. The van der Waals surface area contributed by atoms with E-state index in [0.29, 0.717) is 24.3 Å². The molecule has 5 heteroatoms. The molecular weight excluding hydrogens is 374 g/mol. The van der Waals surface area contributed by atoms with Gasteiger partial charge in [0.15, 0.2) is 0 Å². The summed E-state index contributed by atoms with van der Waals surface area (Å²) in [7, 11) is 1.67. The van der Waals surface area contributed by atoms with Crippen LogP contribution in [-0.2, 0) is 0 Å². The summed E-state index contributed by atoms with van der Waals surface area (Å²) in [4.78, 5) is 11.3. The van der Waals surface area contributed by atoms with Crippen LogP contribution in [0.15, 0.2) is 37.2 Å². The Bertz CT molecular complexity index is 795. The van der Waals surface area contributed by atoms with E-state index in [1.165, 1.54) is 51.6 Å². The molecule has 1 aromatic carbocycles. The predicted molar refractivity (Wildman–Crippen MR) is 123 cm³/mol. The summed E-state index contributed by atoms with van der Waals surface area (Å²) in [6, 6.07) is 5.79. The van der Waals surface area contributed by atoms with Gasteiger partial charge in [0.25, 0.3) is 0 Å². The van der Waals surface area contributed by atoms with E-state index in [0.717, 1.165) is 29.6 Å². The first-order valence-electron chi connectivity index (χ1n) is 11.5. The molecule has 2 aromatic rings. The van der Waals surface area contributed by atoms with Crippen molar-refractivity contribution < 1.29 is 9.47 Å². The Labute approximate surface area is 181 Å². The van der Waals surface area contributed by atoms with E-state index in [1.807, 2.05) is 18.2 Å². The van der Waals surface area contributed by atoms with Crippen LogP contribution >= 0.6 is 0 Å². The van der Waals surface area contributed by atoms with Crippen molar-refractivity contribution in [3.63, 3.8) is 0 Å². The van der Waals surface area contributed by atoms with Crippen LogP contribution in [0.4, 0.5) is 0 Å². The second-order valence-electron chi connectivity index (χ2n) is 8.36. The van der Waals surface area contributed by atoms with Crippen molar-refractivity contribution in [2.45, 2.75) is 51.9 Å². The molecule has 2 heterocycles. The molecule has 1 aromatic heterocycles. The molecule has 1 fully saturated rings. The first-order valence-corrected chi connectivity index (χ1v) is 11.5. The summed E-state index contributed by atoms with van der Waals surface area (Å²) >= 11 is 0. The number of rotatable bonds is 12. The molecule has 0 amide bonds. The van der Waals surface area contributed by atoms with E-state index >= 15 is 0 Å². The molecule has 2 atom stereocenters. The Morgan fingerprint density at radius 3 is 2.87 bits per heavy atom. The quantitative estimate of drug-likeness (QED) is 0.341. The third kappa shape index (κ3) is 6.18. The van der Waals surface area contributed by atoms with Crippen LogP contribution in [0.3, 0.4) is 0 Å². The number of likely N-dealkylation sites (tertiary alicyclic amines) is 1. The molecule has 0 saturated carbocycles. The third-order valence-corrected chi connectivity index (χ3v) is 6.30. The molecular formula is C25H37N3O2. The third-order valence-electron chi connectivity index (χ3n) is 6.30. The molecule has 30 heavy (non-hydrogen) atoms. The highest BCUT2D eigenvalue weighted by Gasteiger charge is 2.26. The fourth-order valence-corrected chi connectivity index (χ4v) is 4.43. The lowest BCUT2D eigenvalue weighted by atomic mass is 9.83. The summed E-state index contributed by atoms with van der Waals surface area (Å²) < 4.78 is 11.4. The minimum atomic E-state index is 0.542. The Balaban J connectivity index is 1.48. The maximum Gasteiger partial charge on any atom is 0.224 e. The summed E-state index contributed by atoms with van der Waals surface area (Å²) in [6.45, 7) is 10.6. The molecule has 3 rings (SSSR count). The van der Waals surface area contributed by atoms with E-state index in [9.17, 15) is 0 Å². The Kier molecular flexibility index (Phi) is 8.94. The van der Waals surface area contributed by atoms with Gasteiger partial charge in [0, 0.05) is 6.54 Å². The summed E-state index contributed by atoms with van der Waals surface area (Å²) in [6.07, 6.45) is 12.7. The van der Waals surface area contributed by atoms with Crippen LogP contribution < -0.4 is 9.47 Å². The molecule has 0 radical (unpaired) electrons. The lowest BCUT2D eigenvalue weighted by molar-refractivity contribution is 0.124. The molecule has 164 valence electrons. The number of nitrogens with zero attached hydrogens (tertiary/aromatic N) is 3. The lowest BCUT2D eigenvalue weighted by Gasteiger charge is -2.37. The van der Waals surface area contributed by atoms with E-state index in [4.69, 9.17) is 9.47 Å². The van der Waals surface area contributed by atoms with Crippen LogP contribution in [0.1, 0.15) is 51.9 Å². The first-order chi connectivity index (χ1) is 14.7. The van der Waals surface area contributed by atoms with Crippen molar-refractivity contribution >= 4 is 10.9 Å². The number of fused-ring (bicyclic) bond motifs is 1. The molecule has 0 unspecified atom stereocenters.